The first kappa shape index (κ1) is 22.3. The van der Waals surface area contributed by atoms with Gasteiger partial charge < -0.3 is 5.32 Å². The predicted octanol–water partition coefficient (Wildman–Crippen LogP) is 2.84. The van der Waals surface area contributed by atoms with E-state index in [1.807, 2.05) is 17.5 Å². The summed E-state index contributed by atoms with van der Waals surface area (Å²) in [6.45, 7) is 5.22. The molecule has 12 heteroatoms. The number of H-pyrrole nitrogens is 1. The van der Waals surface area contributed by atoms with E-state index in [4.69, 9.17) is 0 Å². The number of hydrogen-bond acceptors (Lipinski definition) is 8. The molecule has 1 aliphatic heterocycles. The van der Waals surface area contributed by atoms with Crippen LogP contribution in [0.3, 0.4) is 0 Å². The average Bonchev–Trinajstić information content (AvgIpc) is 3.52. The summed E-state index contributed by atoms with van der Waals surface area (Å²) in [4.78, 5) is 50.4. The molecule has 5 rings (SSSR count). The second kappa shape index (κ2) is 8.69. The Morgan fingerprint density at radius 2 is 2.06 bits per heavy atom. The number of aromatic nitrogens is 6. The summed E-state index contributed by atoms with van der Waals surface area (Å²) in [5.41, 5.74) is 1.97. The highest BCUT2D eigenvalue weighted by molar-refractivity contribution is 7.99. The first-order valence-electron chi connectivity index (χ1n) is 10.5. The third kappa shape index (κ3) is 4.10. The molecule has 4 aromatic rings. The number of hydrogen-bond donors (Lipinski definition) is 2. The van der Waals surface area contributed by atoms with Gasteiger partial charge in [0.15, 0.2) is 5.16 Å². The first-order chi connectivity index (χ1) is 16.3. The van der Waals surface area contributed by atoms with Crippen LogP contribution in [0.1, 0.15) is 29.4 Å². The molecule has 1 unspecified atom stereocenters. The minimum atomic E-state index is -0.298. The lowest BCUT2D eigenvalue weighted by atomic mass is 10.2. The summed E-state index contributed by atoms with van der Waals surface area (Å²) < 4.78 is 3.00. The number of rotatable bonds is 5. The molecule has 0 saturated carbocycles. The maximum Gasteiger partial charge on any atom is 0.255 e. The summed E-state index contributed by atoms with van der Waals surface area (Å²) in [5, 5.41) is 10.0. The number of aromatic amines is 1. The van der Waals surface area contributed by atoms with E-state index in [2.05, 4.69) is 25.4 Å². The van der Waals surface area contributed by atoms with Crippen LogP contribution in [-0.2, 0) is 4.79 Å². The van der Waals surface area contributed by atoms with Crippen molar-refractivity contribution >= 4 is 34.8 Å². The van der Waals surface area contributed by atoms with Gasteiger partial charge in [0.1, 0.15) is 11.5 Å². The SMILES string of the molecule is Cc1cc(=O)n2c(n1)SCC2CC(=O)Nc1cc(-c2cccs2)nn1-c1nc(C)c(C)c(=O)[nH]1. The van der Waals surface area contributed by atoms with E-state index >= 15 is 0 Å². The topological polar surface area (TPSA) is 128 Å². The molecule has 174 valence electrons. The van der Waals surface area contributed by atoms with Crippen LogP contribution in [-0.4, -0.2) is 41.0 Å². The number of fused-ring (bicyclic) bond motifs is 1. The van der Waals surface area contributed by atoms with Crippen molar-refractivity contribution in [2.24, 2.45) is 0 Å². The number of carbonyl (C=O) groups is 1. The molecule has 0 fully saturated rings. The Kier molecular flexibility index (Phi) is 5.70. The van der Waals surface area contributed by atoms with E-state index in [-0.39, 0.29) is 35.4 Å². The number of thiophene rings is 1. The van der Waals surface area contributed by atoms with E-state index in [9.17, 15) is 14.4 Å². The molecular formula is C22H21N7O3S2. The quantitative estimate of drug-likeness (QED) is 0.408. The van der Waals surface area contributed by atoms with Gasteiger partial charge in [0, 0.05) is 41.3 Å². The van der Waals surface area contributed by atoms with Gasteiger partial charge in [0.2, 0.25) is 11.9 Å². The van der Waals surface area contributed by atoms with E-state index in [1.165, 1.54) is 33.8 Å². The molecule has 1 atom stereocenters. The zero-order valence-corrected chi connectivity index (χ0v) is 20.3. The fourth-order valence-electron chi connectivity index (χ4n) is 3.73. The Morgan fingerprint density at radius 3 is 2.79 bits per heavy atom. The molecule has 0 bridgehead atoms. The van der Waals surface area contributed by atoms with Crippen LogP contribution in [0.25, 0.3) is 16.5 Å². The van der Waals surface area contributed by atoms with Crippen molar-refractivity contribution in [1.82, 2.24) is 29.3 Å². The molecular weight excluding hydrogens is 474 g/mol. The van der Waals surface area contributed by atoms with Crippen LogP contribution in [0.4, 0.5) is 5.82 Å². The number of carbonyl (C=O) groups excluding carboxylic acids is 1. The number of anilines is 1. The summed E-state index contributed by atoms with van der Waals surface area (Å²) in [5.74, 6) is 0.894. The fraction of sp³-hybridized carbons (Fsp3) is 0.273. The minimum absolute atomic E-state index is 0.0983. The minimum Gasteiger partial charge on any atom is -0.310 e. The number of nitrogens with zero attached hydrogens (tertiary/aromatic N) is 5. The highest BCUT2D eigenvalue weighted by atomic mass is 32.2. The van der Waals surface area contributed by atoms with Crippen molar-refractivity contribution in [2.45, 2.75) is 38.4 Å². The Bertz CT molecular complexity index is 1520. The zero-order valence-electron chi connectivity index (χ0n) is 18.7. The first-order valence-corrected chi connectivity index (χ1v) is 12.4. The van der Waals surface area contributed by atoms with Crippen LogP contribution in [0.5, 0.6) is 0 Å². The van der Waals surface area contributed by atoms with Gasteiger partial charge in [-0.15, -0.1) is 11.3 Å². The summed E-state index contributed by atoms with van der Waals surface area (Å²) >= 11 is 2.98. The molecule has 1 amide bonds. The largest absolute Gasteiger partial charge is 0.310 e. The molecule has 10 nitrogen and oxygen atoms in total. The average molecular weight is 496 g/mol. The lowest BCUT2D eigenvalue weighted by Crippen LogP contribution is -2.28. The molecule has 0 radical (unpaired) electrons. The van der Waals surface area contributed by atoms with E-state index in [0.717, 1.165) is 4.88 Å². The number of nitrogens with one attached hydrogen (secondary N) is 2. The van der Waals surface area contributed by atoms with Crippen molar-refractivity contribution in [1.29, 1.82) is 0 Å². The fourth-order valence-corrected chi connectivity index (χ4v) is 5.60. The predicted molar refractivity (Wildman–Crippen MR) is 131 cm³/mol. The van der Waals surface area contributed by atoms with Gasteiger partial charge in [-0.25, -0.2) is 9.97 Å². The maximum atomic E-state index is 13.0. The highest BCUT2D eigenvalue weighted by Crippen LogP contribution is 2.33. The maximum absolute atomic E-state index is 13.0. The molecule has 0 aromatic carbocycles. The summed E-state index contributed by atoms with van der Waals surface area (Å²) in [6.07, 6.45) is 0.0983. The van der Waals surface area contributed by atoms with E-state index in [1.54, 1.807) is 31.4 Å². The molecule has 1 aliphatic rings. The second-order valence-electron chi connectivity index (χ2n) is 8.01. The number of amides is 1. The summed E-state index contributed by atoms with van der Waals surface area (Å²) in [7, 11) is 0. The lowest BCUT2D eigenvalue weighted by molar-refractivity contribution is -0.116. The molecule has 0 spiro atoms. The van der Waals surface area contributed by atoms with Crippen molar-refractivity contribution in [2.75, 3.05) is 11.1 Å². The normalized spacial score (nSPS) is 14.9. The third-order valence-corrected chi connectivity index (χ3v) is 7.56. The molecule has 34 heavy (non-hydrogen) atoms. The van der Waals surface area contributed by atoms with E-state index < -0.39 is 0 Å². The number of aryl methyl sites for hydroxylation is 2. The lowest BCUT2D eigenvalue weighted by Gasteiger charge is -2.14. The monoisotopic (exact) mass is 495 g/mol. The van der Waals surface area contributed by atoms with Gasteiger partial charge >= 0.3 is 0 Å². The zero-order chi connectivity index (χ0) is 24.0. The molecule has 0 saturated heterocycles. The van der Waals surface area contributed by atoms with Gasteiger partial charge in [-0.05, 0) is 32.2 Å². The number of thioether (sulfide) groups is 1. The summed E-state index contributed by atoms with van der Waals surface area (Å²) in [6, 6.07) is 6.76. The molecule has 0 aliphatic carbocycles. The Labute approximate surface area is 202 Å². The van der Waals surface area contributed by atoms with Crippen LogP contribution in [0, 0.1) is 20.8 Å². The van der Waals surface area contributed by atoms with Crippen molar-refractivity contribution in [3.05, 3.63) is 67.3 Å². The molecule has 5 heterocycles. The Hall–Kier alpha value is -3.51. The highest BCUT2D eigenvalue weighted by Gasteiger charge is 2.28. The van der Waals surface area contributed by atoms with Gasteiger partial charge in [-0.2, -0.15) is 9.78 Å². The van der Waals surface area contributed by atoms with Gasteiger partial charge in [0.25, 0.3) is 11.1 Å². The van der Waals surface area contributed by atoms with Crippen LogP contribution >= 0.6 is 23.1 Å². The molecule has 4 aromatic heterocycles. The second-order valence-corrected chi connectivity index (χ2v) is 9.94. The Balaban J connectivity index is 1.47. The Morgan fingerprint density at radius 1 is 1.24 bits per heavy atom. The van der Waals surface area contributed by atoms with Crippen LogP contribution < -0.4 is 16.4 Å². The van der Waals surface area contributed by atoms with Gasteiger partial charge in [0.05, 0.1) is 10.9 Å². The smallest absolute Gasteiger partial charge is 0.255 e. The van der Waals surface area contributed by atoms with Crippen LogP contribution in [0.2, 0.25) is 0 Å². The van der Waals surface area contributed by atoms with Crippen LogP contribution in [0.15, 0.2) is 44.4 Å². The molecule has 2 N–H and O–H groups in total. The van der Waals surface area contributed by atoms with Crippen molar-refractivity contribution in [3.63, 3.8) is 0 Å². The van der Waals surface area contributed by atoms with Crippen molar-refractivity contribution < 1.29 is 4.79 Å². The standard InChI is InChI=1S/C22H21N7O3S2/c1-11-7-19(31)28-14(10-34-22(28)23-11)8-18(30)25-17-9-15(16-5-4-6-33-16)27-29(17)21-24-13(3)12(2)20(32)26-21/h4-7,9,14H,8,10H2,1-3H3,(H,25,30)(H,24,26,32). The van der Waals surface area contributed by atoms with Crippen molar-refractivity contribution in [3.8, 4) is 16.5 Å². The van der Waals surface area contributed by atoms with E-state index in [0.29, 0.717) is 39.4 Å². The van der Waals surface area contributed by atoms with Gasteiger partial charge in [-0.1, -0.05) is 17.8 Å². The third-order valence-electron chi connectivity index (χ3n) is 5.57. The van der Waals surface area contributed by atoms with Gasteiger partial charge in [-0.3, -0.25) is 23.9 Å².